The first-order valence-electron chi connectivity index (χ1n) is 4.07. The molecular weight excluding hydrogens is 162 g/mol. The molecule has 0 saturated carbocycles. The van der Waals surface area contributed by atoms with Gasteiger partial charge in [0.1, 0.15) is 0 Å². The molecule has 2 N–H and O–H groups in total. The molecule has 0 saturated heterocycles. The molecule has 13 heavy (non-hydrogen) atoms. The van der Waals surface area contributed by atoms with Crippen molar-refractivity contribution in [3.63, 3.8) is 0 Å². The van der Waals surface area contributed by atoms with Crippen LogP contribution < -0.4 is 5.73 Å². The average Bonchev–Trinajstić information content (AvgIpc) is 2.19. The number of benzene rings is 1. The normalized spacial score (nSPS) is 8.15. The summed E-state index contributed by atoms with van der Waals surface area (Å²) in [6.45, 7) is 5.36. The highest BCUT2D eigenvalue weighted by Crippen LogP contribution is 1.92. The molecule has 2 nitrogen and oxygen atoms in total. The number of rotatable bonds is 2. The highest BCUT2D eigenvalue weighted by Gasteiger charge is 1.82. The van der Waals surface area contributed by atoms with Crippen LogP contribution in [-0.4, -0.2) is 12.3 Å². The lowest BCUT2D eigenvalue weighted by Crippen LogP contribution is -2.09. The number of ketones is 1. The van der Waals surface area contributed by atoms with E-state index >= 15 is 0 Å². The molecule has 0 fully saturated rings. The largest absolute Gasteiger partial charge is 0.324 e. The third-order valence-corrected chi connectivity index (χ3v) is 1.37. The van der Waals surface area contributed by atoms with Gasteiger partial charge in [0.25, 0.3) is 0 Å². The maximum Gasteiger partial charge on any atom is 0.168 e. The lowest BCUT2D eigenvalue weighted by molar-refractivity contribution is -0.113. The lowest BCUT2D eigenvalue weighted by Gasteiger charge is -1.82. The molecule has 0 unspecified atom stereocenters. The highest BCUT2D eigenvalue weighted by molar-refractivity contribution is 5.90. The van der Waals surface area contributed by atoms with Crippen LogP contribution in [0.15, 0.2) is 43.0 Å². The van der Waals surface area contributed by atoms with E-state index in [0.717, 1.165) is 0 Å². The van der Waals surface area contributed by atoms with E-state index in [9.17, 15) is 4.79 Å². The van der Waals surface area contributed by atoms with E-state index in [1.807, 2.05) is 18.2 Å². The van der Waals surface area contributed by atoms with Crippen LogP contribution in [0.1, 0.15) is 5.56 Å². The van der Waals surface area contributed by atoms with Gasteiger partial charge in [-0.05, 0) is 13.0 Å². The zero-order valence-electron chi connectivity index (χ0n) is 7.86. The maximum absolute atomic E-state index is 9.94. The van der Waals surface area contributed by atoms with E-state index in [1.165, 1.54) is 11.6 Å². The molecule has 0 heterocycles. The molecule has 0 aromatic heterocycles. The van der Waals surface area contributed by atoms with Crippen LogP contribution in [0.25, 0.3) is 0 Å². The van der Waals surface area contributed by atoms with Gasteiger partial charge in [-0.3, -0.25) is 4.79 Å². The monoisotopic (exact) mass is 177 g/mol. The summed E-state index contributed by atoms with van der Waals surface area (Å²) in [6, 6.07) is 10.3. The van der Waals surface area contributed by atoms with Crippen molar-refractivity contribution in [3.05, 3.63) is 48.6 Å². The van der Waals surface area contributed by atoms with Gasteiger partial charge in [-0.1, -0.05) is 42.5 Å². The quantitative estimate of drug-likeness (QED) is 0.699. The van der Waals surface area contributed by atoms with Crippen LogP contribution in [0.3, 0.4) is 0 Å². The van der Waals surface area contributed by atoms with Gasteiger partial charge in [0.05, 0.1) is 6.54 Å². The second-order valence-electron chi connectivity index (χ2n) is 2.53. The molecule has 0 atom stereocenters. The van der Waals surface area contributed by atoms with Gasteiger partial charge in [-0.15, -0.1) is 0 Å². The topological polar surface area (TPSA) is 43.1 Å². The Bertz CT molecular complexity index is 254. The van der Waals surface area contributed by atoms with Crippen molar-refractivity contribution in [2.45, 2.75) is 6.92 Å². The van der Waals surface area contributed by atoms with Gasteiger partial charge in [0.15, 0.2) is 5.78 Å². The molecule has 1 aromatic rings. The Kier molecular flexibility index (Phi) is 6.46. The molecule has 1 rings (SSSR count). The van der Waals surface area contributed by atoms with Crippen molar-refractivity contribution in [3.8, 4) is 0 Å². The highest BCUT2D eigenvalue weighted by atomic mass is 16.1. The summed E-state index contributed by atoms with van der Waals surface area (Å²) in [5.74, 6) is -0.116. The molecule has 0 radical (unpaired) electrons. The average molecular weight is 177 g/mol. The molecule has 1 aromatic carbocycles. The Morgan fingerprint density at radius 1 is 1.46 bits per heavy atom. The van der Waals surface area contributed by atoms with Crippen LogP contribution in [0.2, 0.25) is 0 Å². The second kappa shape index (κ2) is 7.25. The number of carbonyl (C=O) groups excluding carboxylic acids is 1. The van der Waals surface area contributed by atoms with Gasteiger partial charge in [-0.2, -0.15) is 0 Å². The fourth-order valence-corrected chi connectivity index (χ4v) is 0.618. The molecule has 70 valence electrons. The number of carbonyl (C=O) groups is 1. The van der Waals surface area contributed by atoms with Crippen molar-refractivity contribution in [2.24, 2.45) is 5.73 Å². The third-order valence-electron chi connectivity index (χ3n) is 1.37. The maximum atomic E-state index is 9.94. The zero-order chi connectivity index (χ0) is 10.1. The molecule has 0 spiro atoms. The first-order valence-corrected chi connectivity index (χ1v) is 4.07. The van der Waals surface area contributed by atoms with Crippen molar-refractivity contribution >= 4 is 5.78 Å². The van der Waals surface area contributed by atoms with Gasteiger partial charge in [-0.25, -0.2) is 0 Å². The van der Waals surface area contributed by atoms with Gasteiger partial charge >= 0.3 is 0 Å². The molecule has 0 aliphatic heterocycles. The van der Waals surface area contributed by atoms with Crippen LogP contribution >= 0.6 is 0 Å². The standard InChI is InChI=1S/C7H8.C4H7NO/c1-7-5-3-2-4-6-7;1-2-4(6)3-5/h2-6H,1H3;2H,1,3,5H2. The number of aryl methyl sites for hydroxylation is 1. The van der Waals surface area contributed by atoms with Crippen LogP contribution in [-0.2, 0) is 4.79 Å². The summed E-state index contributed by atoms with van der Waals surface area (Å²) in [6.07, 6.45) is 1.21. The summed E-state index contributed by atoms with van der Waals surface area (Å²) in [5, 5.41) is 0. The first-order chi connectivity index (χ1) is 6.20. The zero-order valence-corrected chi connectivity index (χ0v) is 7.86. The Morgan fingerprint density at radius 3 is 2.15 bits per heavy atom. The fourth-order valence-electron chi connectivity index (χ4n) is 0.618. The minimum Gasteiger partial charge on any atom is -0.324 e. The Morgan fingerprint density at radius 2 is 2.00 bits per heavy atom. The lowest BCUT2D eigenvalue weighted by atomic mass is 10.2. The fraction of sp³-hybridized carbons (Fsp3) is 0.182. The second-order valence-corrected chi connectivity index (χ2v) is 2.53. The van der Waals surface area contributed by atoms with Crippen molar-refractivity contribution in [1.82, 2.24) is 0 Å². The van der Waals surface area contributed by atoms with Crippen molar-refractivity contribution < 1.29 is 4.79 Å². The molecule has 2 heteroatoms. The van der Waals surface area contributed by atoms with E-state index in [1.54, 1.807) is 0 Å². The number of hydrogen-bond acceptors (Lipinski definition) is 2. The summed E-state index contributed by atoms with van der Waals surface area (Å²) >= 11 is 0. The molecule has 0 aliphatic rings. The predicted octanol–water partition coefficient (Wildman–Crippen LogP) is 1.70. The minimum absolute atomic E-state index is 0.0729. The third kappa shape index (κ3) is 6.97. The summed E-state index contributed by atoms with van der Waals surface area (Å²) in [5.41, 5.74) is 6.18. The van der Waals surface area contributed by atoms with Gasteiger partial charge in [0, 0.05) is 0 Å². The smallest absolute Gasteiger partial charge is 0.168 e. The van der Waals surface area contributed by atoms with Crippen molar-refractivity contribution in [1.29, 1.82) is 0 Å². The van der Waals surface area contributed by atoms with Crippen LogP contribution in [0.5, 0.6) is 0 Å². The van der Waals surface area contributed by atoms with E-state index in [4.69, 9.17) is 5.73 Å². The van der Waals surface area contributed by atoms with Crippen LogP contribution in [0, 0.1) is 6.92 Å². The van der Waals surface area contributed by atoms with E-state index in [2.05, 4.69) is 25.6 Å². The molecule has 0 aliphatic carbocycles. The number of hydrogen-bond donors (Lipinski definition) is 1. The SMILES string of the molecule is C=CC(=O)CN.Cc1ccccc1. The molecular formula is C11H15NO. The molecule has 0 amide bonds. The predicted molar refractivity (Wildman–Crippen MR) is 55.4 cm³/mol. The Balaban J connectivity index is 0.000000226. The number of nitrogens with two attached hydrogens (primary N) is 1. The Labute approximate surface area is 79.1 Å². The van der Waals surface area contributed by atoms with E-state index in [0.29, 0.717) is 0 Å². The van der Waals surface area contributed by atoms with Crippen molar-refractivity contribution in [2.75, 3.05) is 6.54 Å². The van der Waals surface area contributed by atoms with E-state index < -0.39 is 0 Å². The summed E-state index contributed by atoms with van der Waals surface area (Å²) in [7, 11) is 0. The van der Waals surface area contributed by atoms with E-state index in [-0.39, 0.29) is 12.3 Å². The first kappa shape index (κ1) is 11.6. The van der Waals surface area contributed by atoms with Gasteiger partial charge < -0.3 is 5.73 Å². The molecule has 0 bridgehead atoms. The summed E-state index contributed by atoms with van der Waals surface area (Å²) < 4.78 is 0. The minimum atomic E-state index is -0.116. The van der Waals surface area contributed by atoms with Crippen LogP contribution in [0.4, 0.5) is 0 Å². The summed E-state index contributed by atoms with van der Waals surface area (Å²) in [4.78, 5) is 9.94. The Hall–Kier alpha value is -1.41. The van der Waals surface area contributed by atoms with Gasteiger partial charge in [0.2, 0.25) is 0 Å².